The van der Waals surface area contributed by atoms with Crippen LogP contribution in [0, 0.1) is 6.92 Å². The highest BCUT2D eigenvalue weighted by molar-refractivity contribution is 6.10. The predicted molar refractivity (Wildman–Crippen MR) is 273 cm³/mol. The molecule has 64 heavy (non-hydrogen) atoms. The average molecular weight is 817 g/mol. The smallest absolute Gasteiger partial charge is 0.0716 e. The van der Waals surface area contributed by atoms with Crippen LogP contribution in [0.3, 0.4) is 0 Å². The molecule has 0 radical (unpaired) electrons. The highest BCUT2D eigenvalue weighted by Gasteiger charge is 2.19. The molecule has 2 heteroatoms. The summed E-state index contributed by atoms with van der Waals surface area (Å²) in [6.07, 6.45) is 6.08. The van der Waals surface area contributed by atoms with Gasteiger partial charge in [0.1, 0.15) is 0 Å². The Labute approximate surface area is 374 Å². The van der Waals surface area contributed by atoms with E-state index in [1.54, 1.807) is 0 Å². The monoisotopic (exact) mass is 816 g/mol. The summed E-state index contributed by atoms with van der Waals surface area (Å²) in [7, 11) is 0. The molecule has 0 fully saturated rings. The lowest BCUT2D eigenvalue weighted by Crippen LogP contribution is -1.99. The number of fused-ring (bicyclic) bond motifs is 4. The molecule has 2 heterocycles. The van der Waals surface area contributed by atoms with E-state index in [1.165, 1.54) is 54.9 Å². The van der Waals surface area contributed by atoms with E-state index in [0.717, 1.165) is 61.5 Å². The van der Waals surface area contributed by atoms with Crippen LogP contribution >= 0.6 is 0 Å². The molecule has 11 rings (SSSR count). The first-order valence-corrected chi connectivity index (χ1v) is 21.9. The van der Waals surface area contributed by atoms with Gasteiger partial charge in [0.05, 0.1) is 22.4 Å². The topological polar surface area (TPSA) is 17.8 Å². The zero-order valence-corrected chi connectivity index (χ0v) is 35.6. The molecule has 0 bridgehead atoms. The largest absolute Gasteiger partial charge is 0.309 e. The lowest BCUT2D eigenvalue weighted by atomic mass is 9.89. The van der Waals surface area contributed by atoms with E-state index in [9.17, 15) is 0 Å². The van der Waals surface area contributed by atoms with Crippen molar-refractivity contribution in [3.05, 3.63) is 248 Å². The lowest BCUT2D eigenvalue weighted by Gasteiger charge is -2.18. The number of hydrogen-bond donors (Lipinski definition) is 0. The molecule has 11 aromatic rings. The third kappa shape index (κ3) is 7.11. The molecule has 0 aliphatic rings. The summed E-state index contributed by atoms with van der Waals surface area (Å²) in [6.45, 7) is 6.25. The maximum Gasteiger partial charge on any atom is 0.0716 e. The second kappa shape index (κ2) is 16.5. The predicted octanol–water partition coefficient (Wildman–Crippen LogP) is 16.8. The van der Waals surface area contributed by atoms with Gasteiger partial charge in [-0.05, 0) is 128 Å². The van der Waals surface area contributed by atoms with Crippen LogP contribution in [0.4, 0.5) is 0 Å². The molecule has 0 aliphatic carbocycles. The molecule has 0 saturated heterocycles. The van der Waals surface area contributed by atoms with Gasteiger partial charge in [0, 0.05) is 27.6 Å². The molecule has 0 amide bonds. The zero-order chi connectivity index (χ0) is 43.0. The van der Waals surface area contributed by atoms with Crippen LogP contribution in [-0.4, -0.2) is 9.55 Å². The Kier molecular flexibility index (Phi) is 9.95. The van der Waals surface area contributed by atoms with E-state index in [1.807, 2.05) is 12.2 Å². The van der Waals surface area contributed by atoms with Crippen molar-refractivity contribution in [1.82, 2.24) is 9.55 Å². The third-order valence-corrected chi connectivity index (χ3v) is 12.5. The fraction of sp³-hybridized carbons (Fsp3) is 0.0161. The molecule has 0 saturated carbocycles. The number of aromatic nitrogens is 2. The number of para-hydroxylation sites is 1. The molecule has 0 atom stereocenters. The van der Waals surface area contributed by atoms with Crippen molar-refractivity contribution in [2.75, 3.05) is 0 Å². The van der Waals surface area contributed by atoms with Gasteiger partial charge in [-0.3, -0.25) is 0 Å². The van der Waals surface area contributed by atoms with Crippen molar-refractivity contribution < 1.29 is 0 Å². The summed E-state index contributed by atoms with van der Waals surface area (Å²) < 4.78 is 2.45. The van der Waals surface area contributed by atoms with Crippen LogP contribution in [0.5, 0.6) is 0 Å². The maximum atomic E-state index is 5.57. The van der Waals surface area contributed by atoms with E-state index >= 15 is 0 Å². The molecular weight excluding hydrogens is 773 g/mol. The highest BCUT2D eigenvalue weighted by atomic mass is 15.0. The summed E-state index contributed by atoms with van der Waals surface area (Å²) >= 11 is 0. The first-order chi connectivity index (χ1) is 31.6. The summed E-state index contributed by atoms with van der Waals surface area (Å²) in [5.41, 5.74) is 18.9. The molecule has 302 valence electrons. The molecule has 9 aromatic carbocycles. The Hall–Kier alpha value is -8.33. The number of rotatable bonds is 9. The molecule has 0 unspecified atom stereocenters. The second-order valence-corrected chi connectivity index (χ2v) is 16.4. The van der Waals surface area contributed by atoms with Gasteiger partial charge in [0.25, 0.3) is 0 Å². The molecule has 0 spiro atoms. The van der Waals surface area contributed by atoms with Gasteiger partial charge in [-0.2, -0.15) is 0 Å². The Morgan fingerprint density at radius 3 is 1.67 bits per heavy atom. The van der Waals surface area contributed by atoms with Gasteiger partial charge in [-0.15, -0.1) is 0 Å². The van der Waals surface area contributed by atoms with Gasteiger partial charge in [0.15, 0.2) is 0 Å². The zero-order valence-electron chi connectivity index (χ0n) is 35.6. The van der Waals surface area contributed by atoms with Gasteiger partial charge >= 0.3 is 0 Å². The Morgan fingerprint density at radius 2 is 0.953 bits per heavy atom. The lowest BCUT2D eigenvalue weighted by molar-refractivity contribution is 1.18. The minimum absolute atomic E-state index is 0.903. The SMILES string of the molecule is C=C/C=C\c1c(C)c(-c2cc(-c3cc(-c4ccccc4)cc(-c4cccc(-c5ccccc5)c4)n3)cc(-n3c4ccccc4c4ccc(-c5ccccc5)cc43)c2)cc2ccccc12. The summed E-state index contributed by atoms with van der Waals surface area (Å²) in [5.74, 6) is 0. The number of nitrogens with zero attached hydrogens (tertiary/aromatic N) is 2. The van der Waals surface area contributed by atoms with E-state index < -0.39 is 0 Å². The van der Waals surface area contributed by atoms with Gasteiger partial charge < -0.3 is 4.57 Å². The van der Waals surface area contributed by atoms with Crippen LogP contribution < -0.4 is 0 Å². The normalized spacial score (nSPS) is 11.5. The van der Waals surface area contributed by atoms with E-state index in [4.69, 9.17) is 4.98 Å². The van der Waals surface area contributed by atoms with Crippen LogP contribution in [0.25, 0.3) is 111 Å². The number of pyridine rings is 1. The molecule has 0 N–H and O–H groups in total. The Balaban J connectivity index is 1.20. The quantitative estimate of drug-likeness (QED) is 0.133. The number of hydrogen-bond acceptors (Lipinski definition) is 1. The van der Waals surface area contributed by atoms with E-state index in [-0.39, 0.29) is 0 Å². The van der Waals surface area contributed by atoms with Crippen molar-refractivity contribution in [3.63, 3.8) is 0 Å². The fourth-order valence-corrected chi connectivity index (χ4v) is 9.37. The number of benzene rings is 9. The van der Waals surface area contributed by atoms with E-state index in [2.05, 4.69) is 243 Å². The summed E-state index contributed by atoms with van der Waals surface area (Å²) in [5, 5.41) is 4.83. The molecule has 2 nitrogen and oxygen atoms in total. The Bertz CT molecular complexity index is 3560. The summed E-state index contributed by atoms with van der Waals surface area (Å²) in [6, 6.07) is 78.9. The Morgan fingerprint density at radius 1 is 0.406 bits per heavy atom. The second-order valence-electron chi connectivity index (χ2n) is 16.4. The highest BCUT2D eigenvalue weighted by Crippen LogP contribution is 2.41. The summed E-state index contributed by atoms with van der Waals surface area (Å²) in [4.78, 5) is 5.57. The van der Waals surface area contributed by atoms with Gasteiger partial charge in [-0.25, -0.2) is 4.98 Å². The van der Waals surface area contributed by atoms with E-state index in [0.29, 0.717) is 0 Å². The first kappa shape index (κ1) is 38.6. The van der Waals surface area contributed by atoms with Crippen molar-refractivity contribution >= 4 is 38.7 Å². The standard InChI is InChI=1S/C62H44N2/c1-3-4-28-54-42(2)58(38-48-25-14-15-29-55(48)54)51-35-52(37-53(36-51)64-61-31-17-16-30-56(61)57-33-32-47(41-62(57)64)44-21-10-6-11-22-44)60-40-50(45-23-12-7-13-24-45)39-59(63-60)49-27-18-26-46(34-49)43-19-8-5-9-20-43/h3-41H,1H2,2H3/b28-4-. The molecule has 2 aromatic heterocycles. The van der Waals surface area contributed by atoms with Crippen molar-refractivity contribution in [3.8, 4) is 72.7 Å². The van der Waals surface area contributed by atoms with Gasteiger partial charge in [-0.1, -0.05) is 189 Å². The average Bonchev–Trinajstić information content (AvgIpc) is 3.70. The van der Waals surface area contributed by atoms with Crippen molar-refractivity contribution in [2.45, 2.75) is 6.92 Å². The fourth-order valence-electron chi connectivity index (χ4n) is 9.37. The van der Waals surface area contributed by atoms with Crippen LogP contribution in [-0.2, 0) is 0 Å². The van der Waals surface area contributed by atoms with Gasteiger partial charge in [0.2, 0.25) is 0 Å². The minimum Gasteiger partial charge on any atom is -0.309 e. The van der Waals surface area contributed by atoms with Crippen LogP contribution in [0.1, 0.15) is 11.1 Å². The number of allylic oxidation sites excluding steroid dienone is 2. The van der Waals surface area contributed by atoms with Crippen molar-refractivity contribution in [1.29, 1.82) is 0 Å². The molecule has 0 aliphatic heterocycles. The van der Waals surface area contributed by atoms with Crippen LogP contribution in [0.15, 0.2) is 237 Å². The first-order valence-electron chi connectivity index (χ1n) is 21.9. The van der Waals surface area contributed by atoms with Crippen LogP contribution in [0.2, 0.25) is 0 Å². The maximum absolute atomic E-state index is 5.57. The minimum atomic E-state index is 0.903. The third-order valence-electron chi connectivity index (χ3n) is 12.5. The van der Waals surface area contributed by atoms with Crippen molar-refractivity contribution in [2.24, 2.45) is 0 Å². The molecular formula is C62H44N2.